The van der Waals surface area contributed by atoms with Gasteiger partial charge in [-0.05, 0) is 18.6 Å². The Bertz CT molecular complexity index is 562. The Kier molecular flexibility index (Phi) is 2.78. The summed E-state index contributed by atoms with van der Waals surface area (Å²) < 4.78 is 0. The van der Waals surface area contributed by atoms with Gasteiger partial charge in [0.05, 0.1) is 0 Å². The van der Waals surface area contributed by atoms with Gasteiger partial charge in [0.1, 0.15) is 5.69 Å². The fraction of sp³-hybridized carbons (Fsp3) is 0.182. The maximum absolute atomic E-state index is 11.6. The van der Waals surface area contributed by atoms with Crippen LogP contribution in [0.5, 0.6) is 0 Å². The zero-order valence-corrected chi connectivity index (χ0v) is 8.90. The number of pyridine rings is 1. The van der Waals surface area contributed by atoms with Crippen molar-refractivity contribution in [3.05, 3.63) is 46.0 Å². The SMILES string of the molecule is Cc1cccnc1-c1ncc(CN)c(=O)[nH]1. The summed E-state index contributed by atoms with van der Waals surface area (Å²) in [5.41, 5.74) is 7.30. The molecule has 0 unspecified atom stereocenters. The van der Waals surface area contributed by atoms with E-state index < -0.39 is 0 Å². The highest BCUT2D eigenvalue weighted by molar-refractivity contribution is 5.53. The first-order valence-corrected chi connectivity index (χ1v) is 4.92. The summed E-state index contributed by atoms with van der Waals surface area (Å²) in [7, 11) is 0. The molecule has 0 fully saturated rings. The predicted molar refractivity (Wildman–Crippen MR) is 60.7 cm³/mol. The highest BCUT2D eigenvalue weighted by Gasteiger charge is 2.06. The molecule has 82 valence electrons. The summed E-state index contributed by atoms with van der Waals surface area (Å²) >= 11 is 0. The summed E-state index contributed by atoms with van der Waals surface area (Å²) in [5.74, 6) is 0.473. The Hall–Kier alpha value is -2.01. The van der Waals surface area contributed by atoms with Gasteiger partial charge in [0.15, 0.2) is 5.82 Å². The van der Waals surface area contributed by atoms with Gasteiger partial charge in [-0.15, -0.1) is 0 Å². The number of hydrogen-bond donors (Lipinski definition) is 2. The quantitative estimate of drug-likeness (QED) is 0.769. The molecule has 5 heteroatoms. The van der Waals surface area contributed by atoms with Gasteiger partial charge in [0.2, 0.25) is 0 Å². The minimum Gasteiger partial charge on any atom is -0.326 e. The van der Waals surface area contributed by atoms with Crippen LogP contribution in [0.4, 0.5) is 0 Å². The van der Waals surface area contributed by atoms with Gasteiger partial charge in [-0.2, -0.15) is 0 Å². The fourth-order valence-electron chi connectivity index (χ4n) is 1.42. The Morgan fingerprint density at radius 2 is 2.25 bits per heavy atom. The minimum atomic E-state index is -0.211. The third-order valence-corrected chi connectivity index (χ3v) is 2.33. The Labute approximate surface area is 92.4 Å². The van der Waals surface area contributed by atoms with E-state index in [9.17, 15) is 4.79 Å². The smallest absolute Gasteiger partial charge is 0.255 e. The number of aryl methyl sites for hydroxylation is 1. The molecule has 2 aromatic heterocycles. The molecule has 2 aromatic rings. The second-order valence-corrected chi connectivity index (χ2v) is 3.46. The molecule has 16 heavy (non-hydrogen) atoms. The molecule has 0 spiro atoms. The molecule has 0 aromatic carbocycles. The Balaban J connectivity index is 2.54. The first-order chi connectivity index (χ1) is 7.72. The summed E-state index contributed by atoms with van der Waals surface area (Å²) in [6, 6.07) is 3.75. The molecule has 0 atom stereocenters. The molecule has 0 saturated carbocycles. The van der Waals surface area contributed by atoms with E-state index in [1.807, 2.05) is 19.1 Å². The van der Waals surface area contributed by atoms with Crippen molar-refractivity contribution in [1.82, 2.24) is 15.0 Å². The van der Waals surface area contributed by atoms with Crippen molar-refractivity contribution in [2.45, 2.75) is 13.5 Å². The molecule has 0 saturated heterocycles. The van der Waals surface area contributed by atoms with E-state index in [-0.39, 0.29) is 12.1 Å². The van der Waals surface area contributed by atoms with Crippen LogP contribution in [0.15, 0.2) is 29.3 Å². The van der Waals surface area contributed by atoms with E-state index in [0.29, 0.717) is 17.1 Å². The number of nitrogens with zero attached hydrogens (tertiary/aromatic N) is 2. The Morgan fingerprint density at radius 3 is 2.88 bits per heavy atom. The van der Waals surface area contributed by atoms with E-state index in [4.69, 9.17) is 5.73 Å². The van der Waals surface area contributed by atoms with E-state index in [2.05, 4.69) is 15.0 Å². The van der Waals surface area contributed by atoms with Gasteiger partial charge in [0.25, 0.3) is 5.56 Å². The number of aromatic nitrogens is 3. The van der Waals surface area contributed by atoms with Crippen LogP contribution in [0.25, 0.3) is 11.5 Å². The molecule has 2 rings (SSSR count). The number of nitrogens with one attached hydrogen (secondary N) is 1. The van der Waals surface area contributed by atoms with E-state index in [0.717, 1.165) is 5.56 Å². The van der Waals surface area contributed by atoms with Gasteiger partial charge in [-0.25, -0.2) is 4.98 Å². The van der Waals surface area contributed by atoms with Crippen LogP contribution in [0.2, 0.25) is 0 Å². The first kappa shape index (κ1) is 10.5. The van der Waals surface area contributed by atoms with Crippen LogP contribution in [0.1, 0.15) is 11.1 Å². The third kappa shape index (κ3) is 1.85. The van der Waals surface area contributed by atoms with Crippen LogP contribution in [-0.4, -0.2) is 15.0 Å². The molecule has 0 aliphatic carbocycles. The van der Waals surface area contributed by atoms with Crippen molar-refractivity contribution in [2.75, 3.05) is 0 Å². The standard InChI is InChI=1S/C11H12N4O/c1-7-3-2-4-13-9(7)10-14-6-8(5-12)11(16)15-10/h2-4,6H,5,12H2,1H3,(H,14,15,16). The number of nitrogens with two attached hydrogens (primary N) is 1. The first-order valence-electron chi connectivity index (χ1n) is 4.92. The average molecular weight is 216 g/mol. The lowest BCUT2D eigenvalue weighted by atomic mass is 10.2. The zero-order chi connectivity index (χ0) is 11.5. The maximum Gasteiger partial charge on any atom is 0.255 e. The van der Waals surface area contributed by atoms with Crippen molar-refractivity contribution in [3.63, 3.8) is 0 Å². The van der Waals surface area contributed by atoms with Gasteiger partial charge in [-0.1, -0.05) is 6.07 Å². The van der Waals surface area contributed by atoms with Gasteiger partial charge >= 0.3 is 0 Å². The van der Waals surface area contributed by atoms with Crippen molar-refractivity contribution >= 4 is 0 Å². The van der Waals surface area contributed by atoms with Crippen LogP contribution < -0.4 is 11.3 Å². The van der Waals surface area contributed by atoms with E-state index in [1.165, 1.54) is 6.20 Å². The van der Waals surface area contributed by atoms with Crippen LogP contribution in [0.3, 0.4) is 0 Å². The molecular weight excluding hydrogens is 204 g/mol. The molecule has 0 radical (unpaired) electrons. The molecule has 5 nitrogen and oxygen atoms in total. The molecule has 0 aliphatic heterocycles. The summed E-state index contributed by atoms with van der Waals surface area (Å²) in [4.78, 5) is 22.6. The normalized spacial score (nSPS) is 10.4. The second kappa shape index (κ2) is 4.24. The minimum absolute atomic E-state index is 0.184. The molecule has 0 amide bonds. The predicted octanol–water partition coefficient (Wildman–Crippen LogP) is 0.599. The zero-order valence-electron chi connectivity index (χ0n) is 8.90. The van der Waals surface area contributed by atoms with Gasteiger partial charge in [-0.3, -0.25) is 9.78 Å². The van der Waals surface area contributed by atoms with Crippen molar-refractivity contribution < 1.29 is 0 Å². The van der Waals surface area contributed by atoms with E-state index in [1.54, 1.807) is 6.20 Å². The number of hydrogen-bond acceptors (Lipinski definition) is 4. The van der Waals surface area contributed by atoms with Crippen LogP contribution in [0, 0.1) is 6.92 Å². The lowest BCUT2D eigenvalue weighted by Crippen LogP contribution is -2.17. The summed E-state index contributed by atoms with van der Waals surface area (Å²) in [5, 5.41) is 0. The number of aromatic amines is 1. The topological polar surface area (TPSA) is 84.7 Å². The third-order valence-electron chi connectivity index (χ3n) is 2.33. The lowest BCUT2D eigenvalue weighted by molar-refractivity contribution is 0.972. The molecule has 0 bridgehead atoms. The summed E-state index contributed by atoms with van der Waals surface area (Å²) in [6.07, 6.45) is 3.15. The van der Waals surface area contributed by atoms with Crippen molar-refractivity contribution in [1.29, 1.82) is 0 Å². The highest BCUT2D eigenvalue weighted by Crippen LogP contribution is 2.14. The van der Waals surface area contributed by atoms with Crippen molar-refractivity contribution in [2.24, 2.45) is 5.73 Å². The highest BCUT2D eigenvalue weighted by atomic mass is 16.1. The number of rotatable bonds is 2. The van der Waals surface area contributed by atoms with Gasteiger partial charge in [0, 0.05) is 24.5 Å². The monoisotopic (exact) mass is 216 g/mol. The van der Waals surface area contributed by atoms with Crippen molar-refractivity contribution in [3.8, 4) is 11.5 Å². The number of H-pyrrole nitrogens is 1. The van der Waals surface area contributed by atoms with E-state index >= 15 is 0 Å². The molecular formula is C11H12N4O. The molecule has 0 aliphatic rings. The molecule has 3 N–H and O–H groups in total. The second-order valence-electron chi connectivity index (χ2n) is 3.46. The largest absolute Gasteiger partial charge is 0.326 e. The van der Waals surface area contributed by atoms with Gasteiger partial charge < -0.3 is 10.7 Å². The fourth-order valence-corrected chi connectivity index (χ4v) is 1.42. The van der Waals surface area contributed by atoms with Crippen LogP contribution in [-0.2, 0) is 6.54 Å². The summed E-state index contributed by atoms with van der Waals surface area (Å²) in [6.45, 7) is 2.10. The average Bonchev–Trinajstić information content (AvgIpc) is 2.29. The lowest BCUT2D eigenvalue weighted by Gasteiger charge is -2.03. The van der Waals surface area contributed by atoms with Crippen LogP contribution >= 0.6 is 0 Å². The Morgan fingerprint density at radius 1 is 1.44 bits per heavy atom. The maximum atomic E-state index is 11.6. The molecule has 2 heterocycles.